The van der Waals surface area contributed by atoms with Crippen molar-refractivity contribution in [2.75, 3.05) is 38.2 Å². The minimum Gasteiger partial charge on any atom is -0.497 e. The van der Waals surface area contributed by atoms with Crippen molar-refractivity contribution in [3.63, 3.8) is 0 Å². The van der Waals surface area contributed by atoms with Crippen LogP contribution in [0.1, 0.15) is 34.1 Å². The third-order valence-electron chi connectivity index (χ3n) is 7.74. The zero-order valence-electron chi connectivity index (χ0n) is 23.0. The van der Waals surface area contributed by atoms with Crippen LogP contribution in [-0.4, -0.2) is 63.4 Å². The normalized spacial score (nSPS) is 14.9. The molecule has 9 heteroatoms. The summed E-state index contributed by atoms with van der Waals surface area (Å²) in [6, 6.07) is 24.0. The van der Waals surface area contributed by atoms with Gasteiger partial charge in [0.15, 0.2) is 5.82 Å². The third-order valence-corrected chi connectivity index (χ3v) is 7.74. The SMILES string of the molecule is COc1ccc2cc([C@H](c3nnnn3Cc3ccccc3)N3CCN(c4cc(C)ccc4C)CC3)c(=O)[nH]c2c1. The van der Waals surface area contributed by atoms with E-state index in [2.05, 4.69) is 74.5 Å². The monoisotopic (exact) mass is 535 g/mol. The highest BCUT2D eigenvalue weighted by molar-refractivity contribution is 5.80. The van der Waals surface area contributed by atoms with Crippen LogP contribution in [0.5, 0.6) is 5.75 Å². The molecule has 6 rings (SSSR count). The van der Waals surface area contributed by atoms with E-state index in [0.29, 0.717) is 23.7 Å². The highest BCUT2D eigenvalue weighted by Crippen LogP contribution is 2.31. The molecule has 0 radical (unpaired) electrons. The van der Waals surface area contributed by atoms with Crippen LogP contribution in [0.25, 0.3) is 10.9 Å². The molecule has 0 amide bonds. The molecule has 40 heavy (non-hydrogen) atoms. The van der Waals surface area contributed by atoms with Crippen LogP contribution in [0.3, 0.4) is 0 Å². The van der Waals surface area contributed by atoms with Crippen LogP contribution in [-0.2, 0) is 6.54 Å². The number of hydrogen-bond donors (Lipinski definition) is 1. The second-order valence-electron chi connectivity index (χ2n) is 10.4. The first kappa shape index (κ1) is 25.8. The van der Waals surface area contributed by atoms with Crippen LogP contribution in [0.2, 0.25) is 0 Å². The van der Waals surface area contributed by atoms with Crippen molar-refractivity contribution < 1.29 is 4.74 Å². The van der Waals surface area contributed by atoms with Gasteiger partial charge in [-0.25, -0.2) is 4.68 Å². The van der Waals surface area contributed by atoms with E-state index in [9.17, 15) is 4.79 Å². The number of nitrogens with zero attached hydrogens (tertiary/aromatic N) is 6. The van der Waals surface area contributed by atoms with Crippen molar-refractivity contribution >= 4 is 16.6 Å². The lowest BCUT2D eigenvalue weighted by Gasteiger charge is -2.40. The fourth-order valence-electron chi connectivity index (χ4n) is 5.58. The molecule has 3 heterocycles. The van der Waals surface area contributed by atoms with Gasteiger partial charge in [0.1, 0.15) is 11.8 Å². The van der Waals surface area contributed by atoms with Gasteiger partial charge in [0.2, 0.25) is 0 Å². The number of benzene rings is 3. The van der Waals surface area contributed by atoms with Gasteiger partial charge >= 0.3 is 0 Å². The van der Waals surface area contributed by atoms with Gasteiger partial charge in [0.05, 0.1) is 19.2 Å². The van der Waals surface area contributed by atoms with Gasteiger partial charge < -0.3 is 14.6 Å². The summed E-state index contributed by atoms with van der Waals surface area (Å²) < 4.78 is 7.18. The molecule has 5 aromatic rings. The van der Waals surface area contributed by atoms with Gasteiger partial charge in [-0.05, 0) is 70.6 Å². The van der Waals surface area contributed by atoms with E-state index in [4.69, 9.17) is 4.74 Å². The van der Waals surface area contributed by atoms with E-state index in [1.807, 2.05) is 47.1 Å². The largest absolute Gasteiger partial charge is 0.497 e. The number of aromatic amines is 1. The van der Waals surface area contributed by atoms with Crippen LogP contribution in [0.4, 0.5) is 5.69 Å². The molecule has 1 aliphatic heterocycles. The average Bonchev–Trinajstić information content (AvgIpc) is 3.42. The first-order valence-electron chi connectivity index (χ1n) is 13.6. The van der Waals surface area contributed by atoms with Gasteiger partial charge in [-0.2, -0.15) is 0 Å². The predicted molar refractivity (Wildman–Crippen MR) is 156 cm³/mol. The first-order valence-corrected chi connectivity index (χ1v) is 13.6. The summed E-state index contributed by atoms with van der Waals surface area (Å²) in [5.41, 5.74) is 6.08. The predicted octanol–water partition coefficient (Wildman–Crippen LogP) is 4.10. The summed E-state index contributed by atoms with van der Waals surface area (Å²) in [4.78, 5) is 21.5. The second kappa shape index (κ2) is 10.9. The number of tetrazole rings is 1. The van der Waals surface area contributed by atoms with Crippen LogP contribution in [0, 0.1) is 13.8 Å². The molecule has 0 bridgehead atoms. The molecule has 9 nitrogen and oxygen atoms in total. The van der Waals surface area contributed by atoms with Crippen LogP contribution < -0.4 is 15.2 Å². The lowest BCUT2D eigenvalue weighted by molar-refractivity contribution is 0.200. The Morgan fingerprint density at radius 3 is 2.52 bits per heavy atom. The van der Waals surface area contributed by atoms with Crippen LogP contribution >= 0.6 is 0 Å². The topological polar surface area (TPSA) is 92.2 Å². The Hall–Kier alpha value is -4.50. The number of nitrogens with one attached hydrogen (secondary N) is 1. The Morgan fingerprint density at radius 2 is 1.75 bits per heavy atom. The zero-order valence-corrected chi connectivity index (χ0v) is 23.0. The molecule has 204 valence electrons. The van der Waals surface area contributed by atoms with Crippen molar-refractivity contribution in [2.45, 2.75) is 26.4 Å². The minimum absolute atomic E-state index is 0.156. The molecule has 0 aliphatic carbocycles. The van der Waals surface area contributed by atoms with E-state index in [0.717, 1.165) is 42.6 Å². The molecule has 3 aromatic carbocycles. The van der Waals surface area contributed by atoms with E-state index in [-0.39, 0.29) is 5.56 Å². The number of aromatic nitrogens is 5. The fraction of sp³-hybridized carbons (Fsp3) is 0.290. The molecule has 1 fully saturated rings. The molecule has 1 saturated heterocycles. The number of anilines is 1. The smallest absolute Gasteiger partial charge is 0.253 e. The number of H-pyrrole nitrogens is 1. The fourth-order valence-corrected chi connectivity index (χ4v) is 5.58. The van der Waals surface area contributed by atoms with Gasteiger partial charge in [-0.15, -0.1) is 5.10 Å². The van der Waals surface area contributed by atoms with E-state index < -0.39 is 6.04 Å². The van der Waals surface area contributed by atoms with Crippen molar-refractivity contribution in [3.05, 3.63) is 111 Å². The quantitative estimate of drug-likeness (QED) is 0.336. The van der Waals surface area contributed by atoms with E-state index in [1.54, 1.807) is 7.11 Å². The van der Waals surface area contributed by atoms with Gasteiger partial charge in [-0.1, -0.05) is 42.5 Å². The van der Waals surface area contributed by atoms with Gasteiger partial charge in [0, 0.05) is 43.5 Å². The molecule has 0 saturated carbocycles. The Balaban J connectivity index is 1.38. The van der Waals surface area contributed by atoms with E-state index >= 15 is 0 Å². The molecule has 1 N–H and O–H groups in total. The molecule has 0 unspecified atom stereocenters. The summed E-state index contributed by atoms with van der Waals surface area (Å²) >= 11 is 0. The Kier molecular flexibility index (Phi) is 7.04. The molecular formula is C31H33N7O2. The number of ether oxygens (including phenoxy) is 1. The van der Waals surface area contributed by atoms with Gasteiger partial charge in [0.25, 0.3) is 5.56 Å². The Labute approximate surface area is 233 Å². The first-order chi connectivity index (χ1) is 19.5. The standard InChI is InChI=1S/C31H33N7O2/c1-21-9-10-22(2)28(17-21)36-13-15-37(16-14-36)29(30-33-34-35-38(30)20-23-7-5-4-6-8-23)26-18-24-11-12-25(40-3)19-27(24)32-31(26)39/h4-12,17-19,29H,13-16,20H2,1-3H3,(H,32,39)/t29-/m1/s1. The molecular weight excluding hydrogens is 502 g/mol. The Morgan fingerprint density at radius 1 is 0.950 bits per heavy atom. The number of aryl methyl sites for hydroxylation is 2. The van der Waals surface area contributed by atoms with Crippen molar-refractivity contribution in [2.24, 2.45) is 0 Å². The highest BCUT2D eigenvalue weighted by Gasteiger charge is 2.33. The minimum atomic E-state index is -0.408. The summed E-state index contributed by atoms with van der Waals surface area (Å²) in [5, 5.41) is 13.8. The van der Waals surface area contributed by atoms with Crippen molar-refractivity contribution in [1.29, 1.82) is 0 Å². The second-order valence-corrected chi connectivity index (χ2v) is 10.4. The number of rotatable bonds is 7. The maximum atomic E-state index is 13.6. The highest BCUT2D eigenvalue weighted by atomic mass is 16.5. The summed E-state index contributed by atoms with van der Waals surface area (Å²) in [5.74, 6) is 1.35. The average molecular weight is 536 g/mol. The summed E-state index contributed by atoms with van der Waals surface area (Å²) in [6.45, 7) is 8.00. The molecule has 0 spiro atoms. The van der Waals surface area contributed by atoms with E-state index in [1.165, 1.54) is 16.8 Å². The number of fused-ring (bicyclic) bond motifs is 1. The maximum absolute atomic E-state index is 13.6. The van der Waals surface area contributed by atoms with Crippen molar-refractivity contribution in [3.8, 4) is 5.75 Å². The summed E-state index contributed by atoms with van der Waals surface area (Å²) in [6.07, 6.45) is 0. The van der Waals surface area contributed by atoms with Crippen LogP contribution in [0.15, 0.2) is 77.6 Å². The number of pyridine rings is 1. The lowest BCUT2D eigenvalue weighted by atomic mass is 10.0. The molecule has 1 aliphatic rings. The lowest BCUT2D eigenvalue weighted by Crippen LogP contribution is -2.49. The third kappa shape index (κ3) is 5.08. The number of methoxy groups -OCH3 is 1. The molecule has 2 aromatic heterocycles. The summed E-state index contributed by atoms with van der Waals surface area (Å²) in [7, 11) is 1.62. The molecule has 1 atom stereocenters. The maximum Gasteiger partial charge on any atom is 0.253 e. The number of hydrogen-bond acceptors (Lipinski definition) is 7. The number of piperazine rings is 1. The Bertz CT molecular complexity index is 1690. The van der Waals surface area contributed by atoms with Crippen molar-refractivity contribution in [1.82, 2.24) is 30.1 Å². The zero-order chi connectivity index (χ0) is 27.6. The van der Waals surface area contributed by atoms with Gasteiger partial charge in [-0.3, -0.25) is 9.69 Å².